The Kier molecular flexibility index (Phi) is 4.58. The van der Waals surface area contributed by atoms with Gasteiger partial charge in [-0.3, -0.25) is 9.80 Å². The molecule has 0 bridgehead atoms. The second-order valence-electron chi connectivity index (χ2n) is 7.84. The molecule has 4 aromatic rings. The minimum atomic E-state index is 0.383. The number of hydrogen-bond acceptors (Lipinski definition) is 4. The topological polar surface area (TPSA) is 46.9 Å². The van der Waals surface area contributed by atoms with E-state index in [0.717, 1.165) is 65.5 Å². The molecule has 1 aliphatic rings. The summed E-state index contributed by atoms with van der Waals surface area (Å²) in [6.07, 6.45) is 0. The third kappa shape index (κ3) is 3.41. The Balaban J connectivity index is 1.30. The van der Waals surface area contributed by atoms with Crippen molar-refractivity contribution in [2.75, 3.05) is 19.8 Å². The lowest BCUT2D eigenvalue weighted by Gasteiger charge is -2.20. The van der Waals surface area contributed by atoms with Crippen LogP contribution in [0, 0.1) is 0 Å². The van der Waals surface area contributed by atoms with Crippen LogP contribution >= 0.6 is 0 Å². The van der Waals surface area contributed by atoms with E-state index >= 15 is 0 Å². The molecule has 1 fully saturated rings. The third-order valence-electron chi connectivity index (χ3n) is 5.89. The fourth-order valence-corrected chi connectivity index (χ4v) is 4.30. The maximum absolute atomic E-state index is 10.7. The van der Waals surface area contributed by atoms with Crippen molar-refractivity contribution >= 4 is 21.5 Å². The van der Waals surface area contributed by atoms with E-state index in [2.05, 4.69) is 21.9 Å². The van der Waals surface area contributed by atoms with E-state index in [1.54, 1.807) is 0 Å². The van der Waals surface area contributed by atoms with Gasteiger partial charge in [0.1, 0.15) is 11.5 Å². The maximum atomic E-state index is 10.7. The lowest BCUT2D eigenvalue weighted by atomic mass is 10.0. The number of nitrogens with zero attached hydrogens (tertiary/aromatic N) is 2. The van der Waals surface area contributed by atoms with Crippen LogP contribution in [0.3, 0.4) is 0 Å². The van der Waals surface area contributed by atoms with Crippen molar-refractivity contribution in [1.82, 2.24) is 9.80 Å². The molecule has 0 radical (unpaired) electrons. The highest BCUT2D eigenvalue weighted by atomic mass is 16.3. The Labute approximate surface area is 170 Å². The van der Waals surface area contributed by atoms with E-state index < -0.39 is 0 Å². The van der Waals surface area contributed by atoms with E-state index in [9.17, 15) is 10.2 Å². The molecule has 29 heavy (non-hydrogen) atoms. The Morgan fingerprint density at radius 3 is 1.52 bits per heavy atom. The van der Waals surface area contributed by atoms with Crippen LogP contribution in [0.4, 0.5) is 0 Å². The standard InChI is InChI=1S/C25H24N2O2/c28-24-20(11-9-18-5-1-3-7-22(18)24)15-26-13-14-27(17-26)16-21-12-10-19-6-2-4-8-23(19)25(21)29/h1-12,28-29H,13-17H2. The zero-order valence-electron chi connectivity index (χ0n) is 16.3. The van der Waals surface area contributed by atoms with Gasteiger partial charge in [0, 0.05) is 48.1 Å². The van der Waals surface area contributed by atoms with Gasteiger partial charge in [0.25, 0.3) is 0 Å². The summed E-state index contributed by atoms with van der Waals surface area (Å²) in [6, 6.07) is 24.1. The van der Waals surface area contributed by atoms with Crippen molar-refractivity contribution in [3.63, 3.8) is 0 Å². The lowest BCUT2D eigenvalue weighted by Crippen LogP contribution is -2.25. The van der Waals surface area contributed by atoms with Gasteiger partial charge in [-0.2, -0.15) is 0 Å². The largest absolute Gasteiger partial charge is 0.507 e. The molecule has 1 heterocycles. The first-order valence-electron chi connectivity index (χ1n) is 10.0. The van der Waals surface area contributed by atoms with Crippen LogP contribution in [0.15, 0.2) is 72.8 Å². The van der Waals surface area contributed by atoms with Crippen LogP contribution in [-0.4, -0.2) is 39.8 Å². The molecule has 1 aliphatic heterocycles. The molecule has 0 atom stereocenters. The minimum absolute atomic E-state index is 0.383. The molecule has 0 unspecified atom stereocenters. The summed E-state index contributed by atoms with van der Waals surface area (Å²) in [5.41, 5.74) is 1.92. The zero-order chi connectivity index (χ0) is 19.8. The summed E-state index contributed by atoms with van der Waals surface area (Å²) >= 11 is 0. The average molecular weight is 384 g/mol. The number of aromatic hydroxyl groups is 2. The highest BCUT2D eigenvalue weighted by molar-refractivity contribution is 5.90. The molecule has 0 spiro atoms. The molecule has 0 amide bonds. The first-order chi connectivity index (χ1) is 14.2. The highest BCUT2D eigenvalue weighted by Gasteiger charge is 2.22. The fourth-order valence-electron chi connectivity index (χ4n) is 4.30. The van der Waals surface area contributed by atoms with Gasteiger partial charge in [-0.15, -0.1) is 0 Å². The number of fused-ring (bicyclic) bond motifs is 2. The summed E-state index contributed by atoms with van der Waals surface area (Å²) < 4.78 is 0. The molecule has 0 aromatic heterocycles. The Hall–Kier alpha value is -3.08. The highest BCUT2D eigenvalue weighted by Crippen LogP contribution is 2.32. The fraction of sp³-hybridized carbons (Fsp3) is 0.200. The zero-order valence-corrected chi connectivity index (χ0v) is 16.3. The molecule has 5 rings (SSSR count). The molecule has 0 saturated carbocycles. The third-order valence-corrected chi connectivity index (χ3v) is 5.89. The van der Waals surface area contributed by atoms with Crippen molar-refractivity contribution in [3.8, 4) is 11.5 Å². The van der Waals surface area contributed by atoms with E-state index in [0.29, 0.717) is 11.5 Å². The first kappa shape index (κ1) is 18.0. The number of benzene rings is 4. The van der Waals surface area contributed by atoms with Crippen LogP contribution in [0.5, 0.6) is 11.5 Å². The second-order valence-corrected chi connectivity index (χ2v) is 7.84. The van der Waals surface area contributed by atoms with Crippen LogP contribution in [-0.2, 0) is 13.1 Å². The summed E-state index contributed by atoms with van der Waals surface area (Å²) in [4.78, 5) is 4.67. The van der Waals surface area contributed by atoms with Gasteiger partial charge in [0.15, 0.2) is 0 Å². The van der Waals surface area contributed by atoms with Crippen molar-refractivity contribution in [2.24, 2.45) is 0 Å². The van der Waals surface area contributed by atoms with Gasteiger partial charge < -0.3 is 10.2 Å². The SMILES string of the molecule is Oc1c(CN2CCN(Cc3ccc4ccccc4c3O)C2)ccc2ccccc12. The summed E-state index contributed by atoms with van der Waals surface area (Å²) in [6.45, 7) is 4.15. The van der Waals surface area contributed by atoms with E-state index in [-0.39, 0.29) is 0 Å². The van der Waals surface area contributed by atoms with Crippen molar-refractivity contribution in [1.29, 1.82) is 0 Å². The summed E-state index contributed by atoms with van der Waals surface area (Å²) in [5, 5.41) is 25.3. The molecule has 2 N–H and O–H groups in total. The maximum Gasteiger partial charge on any atom is 0.127 e. The van der Waals surface area contributed by atoms with Gasteiger partial charge in [0.2, 0.25) is 0 Å². The first-order valence-corrected chi connectivity index (χ1v) is 10.0. The van der Waals surface area contributed by atoms with Crippen LogP contribution in [0.2, 0.25) is 0 Å². The summed E-state index contributed by atoms with van der Waals surface area (Å²) in [7, 11) is 0. The minimum Gasteiger partial charge on any atom is -0.507 e. The van der Waals surface area contributed by atoms with Crippen molar-refractivity contribution < 1.29 is 10.2 Å². The van der Waals surface area contributed by atoms with Gasteiger partial charge >= 0.3 is 0 Å². The number of rotatable bonds is 4. The lowest BCUT2D eigenvalue weighted by molar-refractivity contribution is 0.232. The van der Waals surface area contributed by atoms with E-state index in [1.807, 2.05) is 60.7 Å². The van der Waals surface area contributed by atoms with Gasteiger partial charge in [-0.1, -0.05) is 72.8 Å². The Bertz CT molecular complexity index is 1090. The van der Waals surface area contributed by atoms with Gasteiger partial charge in [-0.25, -0.2) is 0 Å². The summed E-state index contributed by atoms with van der Waals surface area (Å²) in [5.74, 6) is 0.766. The van der Waals surface area contributed by atoms with Crippen molar-refractivity contribution in [2.45, 2.75) is 13.1 Å². The number of hydrogen-bond donors (Lipinski definition) is 2. The molecule has 4 aromatic carbocycles. The predicted octanol–water partition coefficient (Wildman–Crippen LogP) is 4.68. The van der Waals surface area contributed by atoms with Crippen LogP contribution in [0.1, 0.15) is 11.1 Å². The van der Waals surface area contributed by atoms with Crippen molar-refractivity contribution in [3.05, 3.63) is 83.9 Å². The van der Waals surface area contributed by atoms with Gasteiger partial charge in [-0.05, 0) is 10.8 Å². The van der Waals surface area contributed by atoms with Crippen LogP contribution in [0.25, 0.3) is 21.5 Å². The Morgan fingerprint density at radius 1 is 0.586 bits per heavy atom. The van der Waals surface area contributed by atoms with E-state index in [1.165, 1.54) is 0 Å². The van der Waals surface area contributed by atoms with Gasteiger partial charge in [0.05, 0.1) is 6.67 Å². The van der Waals surface area contributed by atoms with Crippen LogP contribution < -0.4 is 0 Å². The predicted molar refractivity (Wildman–Crippen MR) is 117 cm³/mol. The molecule has 146 valence electrons. The molecule has 0 aliphatic carbocycles. The van der Waals surface area contributed by atoms with E-state index in [4.69, 9.17) is 0 Å². The quantitative estimate of drug-likeness (QED) is 0.536. The Morgan fingerprint density at radius 2 is 1.03 bits per heavy atom. The number of phenols is 2. The molecular formula is C25H24N2O2. The number of phenolic OH excluding ortho intramolecular Hbond substituents is 2. The molecule has 4 heteroatoms. The average Bonchev–Trinajstić information content (AvgIpc) is 3.19. The monoisotopic (exact) mass is 384 g/mol. The second kappa shape index (κ2) is 7.39. The molecule has 4 nitrogen and oxygen atoms in total. The normalized spacial score (nSPS) is 15.4. The molecule has 1 saturated heterocycles. The molecular weight excluding hydrogens is 360 g/mol. The smallest absolute Gasteiger partial charge is 0.127 e.